The van der Waals surface area contributed by atoms with Crippen LogP contribution < -0.4 is 10.6 Å². The smallest absolute Gasteiger partial charge is 0.224 e. The third-order valence-corrected chi connectivity index (χ3v) is 1.96. The van der Waals surface area contributed by atoms with E-state index in [1.54, 1.807) is 0 Å². The molecule has 2 N–H and O–H groups in total. The van der Waals surface area contributed by atoms with Crippen LogP contribution in [-0.4, -0.2) is 25.0 Å². The first-order valence-corrected chi connectivity index (χ1v) is 5.06. The van der Waals surface area contributed by atoms with Crippen molar-refractivity contribution in [2.45, 2.75) is 33.2 Å². The fraction of sp³-hybridized carbons (Fsp3) is 0.727. The van der Waals surface area contributed by atoms with Gasteiger partial charge in [0.1, 0.15) is 0 Å². The van der Waals surface area contributed by atoms with E-state index in [0.29, 0.717) is 13.0 Å². The molecule has 3 nitrogen and oxygen atoms in total. The first-order valence-electron chi connectivity index (χ1n) is 5.06. The molecule has 0 aliphatic rings. The Hall–Kier alpha value is -1.01. The quantitative estimate of drug-likeness (QED) is 0.616. The lowest BCUT2D eigenvalue weighted by Crippen LogP contribution is -2.39. The zero-order valence-electron chi connectivity index (χ0n) is 9.26. The van der Waals surface area contributed by atoms with Gasteiger partial charge in [-0.05, 0) is 13.5 Å². The van der Waals surface area contributed by atoms with Gasteiger partial charge in [-0.1, -0.05) is 13.8 Å². The summed E-state index contributed by atoms with van der Waals surface area (Å²) >= 11 is 0. The minimum absolute atomic E-state index is 0.00447. The Balaban J connectivity index is 3.77. The van der Waals surface area contributed by atoms with E-state index in [9.17, 15) is 4.79 Å². The predicted octanol–water partition coefficient (Wildman–Crippen LogP) is 0.760. The fourth-order valence-electron chi connectivity index (χ4n) is 1.07. The van der Waals surface area contributed by atoms with E-state index in [-0.39, 0.29) is 17.9 Å². The Bertz CT molecular complexity index is 208. The Labute approximate surface area is 86.6 Å². The average Bonchev–Trinajstić information content (AvgIpc) is 2.14. The molecule has 0 aromatic rings. The number of hydrogen-bond acceptors (Lipinski definition) is 2. The third kappa shape index (κ3) is 5.60. The highest BCUT2D eigenvalue weighted by atomic mass is 16.1. The van der Waals surface area contributed by atoms with E-state index < -0.39 is 0 Å². The molecule has 3 heteroatoms. The second kappa shape index (κ2) is 7.40. The van der Waals surface area contributed by atoms with Crippen LogP contribution in [0.4, 0.5) is 0 Å². The molecule has 0 aromatic carbocycles. The number of hydrogen-bond donors (Lipinski definition) is 2. The van der Waals surface area contributed by atoms with Crippen molar-refractivity contribution >= 4 is 5.91 Å². The summed E-state index contributed by atoms with van der Waals surface area (Å²) in [4.78, 5) is 11.5. The molecule has 0 saturated carbocycles. The van der Waals surface area contributed by atoms with Crippen LogP contribution in [0.1, 0.15) is 27.2 Å². The molecule has 0 fully saturated rings. The Kier molecular flexibility index (Phi) is 6.87. The number of carbonyl (C=O) groups excluding carboxylic acids is 1. The maximum Gasteiger partial charge on any atom is 0.224 e. The third-order valence-electron chi connectivity index (χ3n) is 1.96. The number of nitrogens with one attached hydrogen (secondary N) is 2. The minimum atomic E-state index is -0.00447. The molecule has 0 aliphatic heterocycles. The SMILES string of the molecule is C#CCC(C)NC(=O)C(C)CNCC. The molecular weight excluding hydrogens is 176 g/mol. The largest absolute Gasteiger partial charge is 0.352 e. The topological polar surface area (TPSA) is 41.1 Å². The molecule has 1 amide bonds. The van der Waals surface area contributed by atoms with E-state index in [0.717, 1.165) is 6.54 Å². The maximum absolute atomic E-state index is 11.5. The molecule has 0 heterocycles. The summed E-state index contributed by atoms with van der Waals surface area (Å²) in [6.07, 6.45) is 5.73. The molecule has 80 valence electrons. The molecular formula is C11H20N2O. The van der Waals surface area contributed by atoms with Gasteiger partial charge in [0.25, 0.3) is 0 Å². The van der Waals surface area contributed by atoms with Crippen LogP contribution in [0.25, 0.3) is 0 Å². The van der Waals surface area contributed by atoms with Gasteiger partial charge < -0.3 is 10.6 Å². The molecule has 0 radical (unpaired) electrons. The van der Waals surface area contributed by atoms with Crippen molar-refractivity contribution in [1.29, 1.82) is 0 Å². The van der Waals surface area contributed by atoms with Crippen LogP contribution in [0.3, 0.4) is 0 Å². The summed E-state index contributed by atoms with van der Waals surface area (Å²) < 4.78 is 0. The van der Waals surface area contributed by atoms with E-state index in [4.69, 9.17) is 6.42 Å². The van der Waals surface area contributed by atoms with Gasteiger partial charge >= 0.3 is 0 Å². The highest BCUT2D eigenvalue weighted by Gasteiger charge is 2.13. The van der Waals surface area contributed by atoms with Gasteiger partial charge in [-0.15, -0.1) is 12.3 Å². The molecule has 0 spiro atoms. The lowest BCUT2D eigenvalue weighted by atomic mass is 10.1. The highest BCUT2D eigenvalue weighted by Crippen LogP contribution is 1.95. The Morgan fingerprint density at radius 1 is 1.50 bits per heavy atom. The summed E-state index contributed by atoms with van der Waals surface area (Å²) in [6, 6.07) is 0.0663. The summed E-state index contributed by atoms with van der Waals surface area (Å²) in [6.45, 7) is 7.44. The molecule has 14 heavy (non-hydrogen) atoms. The van der Waals surface area contributed by atoms with E-state index in [1.807, 2.05) is 20.8 Å². The molecule has 0 aromatic heterocycles. The Morgan fingerprint density at radius 3 is 2.64 bits per heavy atom. The monoisotopic (exact) mass is 196 g/mol. The number of amides is 1. The standard InChI is InChI=1S/C11H20N2O/c1-5-7-10(4)13-11(14)9(3)8-12-6-2/h1,9-10,12H,6-8H2,2-4H3,(H,13,14). The van der Waals surface area contributed by atoms with Crippen molar-refractivity contribution in [3.63, 3.8) is 0 Å². The summed E-state index contributed by atoms with van der Waals surface area (Å²) in [7, 11) is 0. The Morgan fingerprint density at radius 2 is 2.14 bits per heavy atom. The summed E-state index contributed by atoms with van der Waals surface area (Å²) in [5.74, 6) is 2.58. The van der Waals surface area contributed by atoms with Gasteiger partial charge in [-0.2, -0.15) is 0 Å². The lowest BCUT2D eigenvalue weighted by molar-refractivity contribution is -0.124. The van der Waals surface area contributed by atoms with Crippen molar-refractivity contribution < 1.29 is 4.79 Å². The van der Waals surface area contributed by atoms with Crippen LogP contribution in [0.2, 0.25) is 0 Å². The van der Waals surface area contributed by atoms with Crippen molar-refractivity contribution in [2.75, 3.05) is 13.1 Å². The van der Waals surface area contributed by atoms with Gasteiger partial charge in [-0.3, -0.25) is 4.79 Å². The summed E-state index contributed by atoms with van der Waals surface area (Å²) in [5.41, 5.74) is 0. The molecule has 0 saturated heterocycles. The van der Waals surface area contributed by atoms with Crippen LogP contribution in [0.5, 0.6) is 0 Å². The van der Waals surface area contributed by atoms with E-state index >= 15 is 0 Å². The van der Waals surface area contributed by atoms with E-state index in [1.165, 1.54) is 0 Å². The van der Waals surface area contributed by atoms with Crippen LogP contribution in [0.15, 0.2) is 0 Å². The zero-order valence-corrected chi connectivity index (χ0v) is 9.26. The van der Waals surface area contributed by atoms with Crippen molar-refractivity contribution in [3.05, 3.63) is 0 Å². The first-order chi connectivity index (χ1) is 6.61. The van der Waals surface area contributed by atoms with Gasteiger partial charge in [-0.25, -0.2) is 0 Å². The number of terminal acetylenes is 1. The normalized spacial score (nSPS) is 14.1. The molecule has 0 bridgehead atoms. The fourth-order valence-corrected chi connectivity index (χ4v) is 1.07. The zero-order chi connectivity index (χ0) is 11.0. The van der Waals surface area contributed by atoms with Gasteiger partial charge in [0.05, 0.1) is 0 Å². The lowest BCUT2D eigenvalue weighted by Gasteiger charge is -2.15. The molecule has 0 rings (SSSR count). The van der Waals surface area contributed by atoms with Crippen molar-refractivity contribution in [3.8, 4) is 12.3 Å². The highest BCUT2D eigenvalue weighted by molar-refractivity contribution is 5.78. The second-order valence-electron chi connectivity index (χ2n) is 3.53. The summed E-state index contributed by atoms with van der Waals surface area (Å²) in [5, 5.41) is 6.00. The predicted molar refractivity (Wildman–Crippen MR) is 58.8 cm³/mol. The first kappa shape index (κ1) is 13.0. The van der Waals surface area contributed by atoms with Gasteiger partial charge in [0, 0.05) is 24.9 Å². The van der Waals surface area contributed by atoms with Gasteiger partial charge in [0.15, 0.2) is 0 Å². The van der Waals surface area contributed by atoms with Gasteiger partial charge in [0.2, 0.25) is 5.91 Å². The van der Waals surface area contributed by atoms with E-state index in [2.05, 4.69) is 16.6 Å². The number of rotatable bonds is 6. The van der Waals surface area contributed by atoms with Crippen molar-refractivity contribution in [1.82, 2.24) is 10.6 Å². The molecule has 2 atom stereocenters. The average molecular weight is 196 g/mol. The van der Waals surface area contributed by atoms with Crippen LogP contribution in [0, 0.1) is 18.3 Å². The van der Waals surface area contributed by atoms with Crippen LogP contribution in [-0.2, 0) is 4.79 Å². The molecule has 0 aliphatic carbocycles. The van der Waals surface area contributed by atoms with Crippen LogP contribution >= 0.6 is 0 Å². The van der Waals surface area contributed by atoms with Crippen molar-refractivity contribution in [2.24, 2.45) is 5.92 Å². The molecule has 2 unspecified atom stereocenters. The minimum Gasteiger partial charge on any atom is -0.352 e. The number of carbonyl (C=O) groups is 1. The maximum atomic E-state index is 11.5. The second-order valence-corrected chi connectivity index (χ2v) is 3.53.